The highest BCUT2D eigenvalue weighted by Crippen LogP contribution is 2.36. The number of benzene rings is 3. The summed E-state index contributed by atoms with van der Waals surface area (Å²) in [6, 6.07) is 24.6. The number of aromatic nitrogens is 1. The van der Waals surface area contributed by atoms with E-state index in [0.717, 1.165) is 45.5 Å². The number of carbonyl (C=O) groups excluding carboxylic acids is 2. The number of ether oxygens (including phenoxy) is 2. The van der Waals surface area contributed by atoms with Gasteiger partial charge in [0, 0.05) is 16.6 Å². The average molecular weight is 597 g/mol. The molecular weight excluding hydrogens is 552 g/mol. The molecule has 0 spiro atoms. The summed E-state index contributed by atoms with van der Waals surface area (Å²) in [4.78, 5) is 30.6. The second kappa shape index (κ2) is 13.7. The molecule has 0 saturated carbocycles. The van der Waals surface area contributed by atoms with Gasteiger partial charge in [0.05, 0.1) is 12.1 Å². The van der Waals surface area contributed by atoms with Gasteiger partial charge >= 0.3 is 5.97 Å². The van der Waals surface area contributed by atoms with Gasteiger partial charge in [0.2, 0.25) is 5.91 Å². The van der Waals surface area contributed by atoms with Gasteiger partial charge in [-0.05, 0) is 94.8 Å². The molecule has 4 unspecified atom stereocenters. The van der Waals surface area contributed by atoms with Crippen LogP contribution < -0.4 is 21.1 Å². The number of amides is 1. The summed E-state index contributed by atoms with van der Waals surface area (Å²) in [5.74, 6) is 0.0785. The van der Waals surface area contributed by atoms with Gasteiger partial charge in [0.15, 0.2) is 0 Å². The topological polar surface area (TPSA) is 118 Å². The summed E-state index contributed by atoms with van der Waals surface area (Å²) in [6.07, 6.45) is 2.29. The van der Waals surface area contributed by atoms with Gasteiger partial charge in [-0.2, -0.15) is 0 Å². The van der Waals surface area contributed by atoms with E-state index in [4.69, 9.17) is 15.2 Å². The maximum Gasteiger partial charge on any atom is 0.329 e. The highest BCUT2D eigenvalue weighted by Gasteiger charge is 2.36. The largest absolute Gasteiger partial charge is 0.486 e. The lowest BCUT2D eigenvalue weighted by atomic mass is 9.89. The van der Waals surface area contributed by atoms with E-state index in [-0.39, 0.29) is 18.1 Å². The number of nitrogens with two attached hydrogens (primary N) is 1. The second-order valence-corrected chi connectivity index (χ2v) is 12.5. The van der Waals surface area contributed by atoms with E-state index in [0.29, 0.717) is 25.8 Å². The molecule has 5 rings (SSSR count). The monoisotopic (exact) mass is 596 g/mol. The molecule has 232 valence electrons. The van der Waals surface area contributed by atoms with Crippen molar-refractivity contribution in [3.8, 4) is 5.75 Å². The average Bonchev–Trinajstić information content (AvgIpc) is 3.38. The van der Waals surface area contributed by atoms with Crippen molar-refractivity contribution in [1.29, 1.82) is 0 Å². The Labute approximate surface area is 259 Å². The van der Waals surface area contributed by atoms with Crippen molar-refractivity contribution in [3.05, 3.63) is 101 Å². The van der Waals surface area contributed by atoms with E-state index in [9.17, 15) is 9.59 Å². The number of H-pyrrole nitrogens is 1. The molecule has 0 saturated heterocycles. The Morgan fingerprint density at radius 1 is 1.00 bits per heavy atom. The Morgan fingerprint density at radius 3 is 2.50 bits per heavy atom. The van der Waals surface area contributed by atoms with E-state index in [1.807, 2.05) is 82.3 Å². The molecule has 5 N–H and O–H groups in total. The predicted molar refractivity (Wildman–Crippen MR) is 173 cm³/mol. The fraction of sp³-hybridized carbons (Fsp3) is 0.389. The molecule has 1 aromatic heterocycles. The highest BCUT2D eigenvalue weighted by atomic mass is 16.6. The number of hydrogen-bond acceptors (Lipinski definition) is 6. The fourth-order valence-electron chi connectivity index (χ4n) is 5.82. The van der Waals surface area contributed by atoms with Crippen LogP contribution in [-0.4, -0.2) is 41.1 Å². The first-order valence-electron chi connectivity index (χ1n) is 15.5. The van der Waals surface area contributed by atoms with Gasteiger partial charge in [0.1, 0.15) is 23.5 Å². The zero-order valence-electron chi connectivity index (χ0n) is 26.1. The number of aromatic amines is 1. The van der Waals surface area contributed by atoms with Crippen LogP contribution in [0.4, 0.5) is 0 Å². The van der Waals surface area contributed by atoms with Gasteiger partial charge in [-0.15, -0.1) is 0 Å². The number of hydrogen-bond donors (Lipinski definition) is 4. The molecule has 8 heteroatoms. The van der Waals surface area contributed by atoms with Gasteiger partial charge in [0.25, 0.3) is 0 Å². The van der Waals surface area contributed by atoms with E-state index < -0.39 is 23.7 Å². The number of nitrogens with one attached hydrogen (secondary N) is 3. The summed E-state index contributed by atoms with van der Waals surface area (Å²) in [6.45, 7) is 8.04. The van der Waals surface area contributed by atoms with Crippen molar-refractivity contribution in [2.75, 3.05) is 6.54 Å². The Hall–Kier alpha value is -4.14. The molecule has 4 atom stereocenters. The number of fused-ring (bicyclic) bond motifs is 3. The van der Waals surface area contributed by atoms with Crippen LogP contribution >= 0.6 is 0 Å². The van der Waals surface area contributed by atoms with Gasteiger partial charge in [-0.3, -0.25) is 10.1 Å². The van der Waals surface area contributed by atoms with E-state index in [2.05, 4.69) is 39.9 Å². The summed E-state index contributed by atoms with van der Waals surface area (Å²) in [7, 11) is 0. The molecule has 3 aromatic carbocycles. The minimum Gasteiger partial charge on any atom is -0.486 e. The molecule has 1 aliphatic rings. The van der Waals surface area contributed by atoms with Gasteiger partial charge in [-0.1, -0.05) is 60.7 Å². The van der Waals surface area contributed by atoms with Crippen LogP contribution in [0.3, 0.4) is 0 Å². The smallest absolute Gasteiger partial charge is 0.329 e. The fourth-order valence-corrected chi connectivity index (χ4v) is 5.82. The molecule has 0 fully saturated rings. The van der Waals surface area contributed by atoms with Crippen LogP contribution in [0.25, 0.3) is 10.9 Å². The third kappa shape index (κ3) is 7.49. The molecule has 1 amide bonds. The zero-order chi connectivity index (χ0) is 31.3. The number of esters is 1. The molecule has 44 heavy (non-hydrogen) atoms. The first-order valence-corrected chi connectivity index (χ1v) is 15.5. The number of rotatable bonds is 11. The summed E-state index contributed by atoms with van der Waals surface area (Å²) < 4.78 is 12.0. The quantitative estimate of drug-likeness (QED) is 0.127. The maximum absolute atomic E-state index is 13.9. The molecule has 0 bridgehead atoms. The Bertz CT molecular complexity index is 1580. The first kappa shape index (κ1) is 31.3. The van der Waals surface area contributed by atoms with E-state index in [1.165, 1.54) is 0 Å². The molecule has 0 aliphatic carbocycles. The standard InChI is InChI=1S/C36H44N4O4/c1-23(24-13-6-5-7-14-24)43-26-16-12-15-25(21-26)32-33-28(27-17-8-9-18-29(27)38-33)22-31(39-32)34(41)40-30(19-10-11-20-37)35(42)44-36(2,3)4/h5-9,12-18,21,23,30-32,38-39H,10-11,19-20,22,37H2,1-4H3,(H,40,41). The lowest BCUT2D eigenvalue weighted by Gasteiger charge is -2.32. The van der Waals surface area contributed by atoms with Crippen LogP contribution in [0.15, 0.2) is 78.9 Å². The Kier molecular flexibility index (Phi) is 9.71. The number of unbranched alkanes of at least 4 members (excludes halogenated alkanes) is 1. The van der Waals surface area contributed by atoms with Crippen molar-refractivity contribution >= 4 is 22.8 Å². The lowest BCUT2D eigenvalue weighted by Crippen LogP contribution is -2.54. The molecule has 0 radical (unpaired) electrons. The first-order chi connectivity index (χ1) is 21.1. The Balaban J connectivity index is 1.42. The summed E-state index contributed by atoms with van der Waals surface area (Å²) >= 11 is 0. The van der Waals surface area contributed by atoms with Crippen molar-refractivity contribution in [2.45, 2.75) is 83.2 Å². The normalized spacial score (nSPS) is 17.8. The summed E-state index contributed by atoms with van der Waals surface area (Å²) in [5.41, 5.74) is 10.2. The Morgan fingerprint density at radius 2 is 1.75 bits per heavy atom. The van der Waals surface area contributed by atoms with Crippen LogP contribution in [0.5, 0.6) is 5.75 Å². The van der Waals surface area contributed by atoms with Crippen LogP contribution in [-0.2, 0) is 20.7 Å². The molecule has 2 heterocycles. The van der Waals surface area contributed by atoms with Gasteiger partial charge in [-0.25, -0.2) is 4.79 Å². The number of para-hydroxylation sites is 1. The van der Waals surface area contributed by atoms with Crippen LogP contribution in [0, 0.1) is 0 Å². The molecule has 4 aromatic rings. The van der Waals surface area contributed by atoms with Crippen LogP contribution in [0.2, 0.25) is 0 Å². The minimum atomic E-state index is -0.755. The zero-order valence-corrected chi connectivity index (χ0v) is 26.1. The van der Waals surface area contributed by atoms with E-state index in [1.54, 1.807) is 0 Å². The van der Waals surface area contributed by atoms with Crippen molar-refractivity contribution in [2.24, 2.45) is 5.73 Å². The molecule has 1 aliphatic heterocycles. The minimum absolute atomic E-state index is 0.128. The van der Waals surface area contributed by atoms with Crippen LogP contribution in [0.1, 0.15) is 81.5 Å². The second-order valence-electron chi connectivity index (χ2n) is 12.5. The molecular formula is C36H44N4O4. The van der Waals surface area contributed by atoms with Gasteiger partial charge < -0.3 is 25.5 Å². The highest BCUT2D eigenvalue weighted by molar-refractivity contribution is 5.91. The van der Waals surface area contributed by atoms with Crippen molar-refractivity contribution < 1.29 is 19.1 Å². The third-order valence-electron chi connectivity index (χ3n) is 7.96. The van der Waals surface area contributed by atoms with Crippen molar-refractivity contribution in [1.82, 2.24) is 15.6 Å². The predicted octanol–water partition coefficient (Wildman–Crippen LogP) is 5.87. The third-order valence-corrected chi connectivity index (χ3v) is 7.96. The lowest BCUT2D eigenvalue weighted by molar-refractivity contribution is -0.159. The number of carbonyl (C=O) groups is 2. The maximum atomic E-state index is 13.9. The van der Waals surface area contributed by atoms with E-state index >= 15 is 0 Å². The molecule has 8 nitrogen and oxygen atoms in total. The SMILES string of the molecule is CC(Oc1cccc(C2NC(C(=O)NC(CCCCN)C(=O)OC(C)(C)C)Cc3c2[nH]c2ccccc32)c1)c1ccccc1. The van der Waals surface area contributed by atoms with Crippen molar-refractivity contribution in [3.63, 3.8) is 0 Å². The summed E-state index contributed by atoms with van der Waals surface area (Å²) in [5, 5.41) is 7.69.